The third-order valence-electron chi connectivity index (χ3n) is 6.44. The fourth-order valence-corrected chi connectivity index (χ4v) is 5.36. The maximum absolute atomic E-state index is 13.4. The highest BCUT2D eigenvalue weighted by Crippen LogP contribution is 2.42. The molecule has 0 aromatic carbocycles. The summed E-state index contributed by atoms with van der Waals surface area (Å²) in [7, 11) is 5.66. The van der Waals surface area contributed by atoms with E-state index in [1.54, 1.807) is 18.2 Å². The summed E-state index contributed by atoms with van der Waals surface area (Å²) in [6.07, 6.45) is 3.52. The van der Waals surface area contributed by atoms with Crippen molar-refractivity contribution in [3.63, 3.8) is 0 Å². The fourth-order valence-electron chi connectivity index (χ4n) is 4.49. The maximum Gasteiger partial charge on any atom is 0.280 e. The van der Waals surface area contributed by atoms with Crippen LogP contribution in [0.25, 0.3) is 0 Å². The number of aryl methyl sites for hydroxylation is 1. The van der Waals surface area contributed by atoms with Crippen molar-refractivity contribution in [1.29, 1.82) is 0 Å². The minimum absolute atomic E-state index is 0.0936. The highest BCUT2D eigenvalue weighted by Gasteiger charge is 2.35. The van der Waals surface area contributed by atoms with Crippen LogP contribution >= 0.6 is 11.3 Å². The SMILES string of the molecule is COc1cc(N2CCN(C)CC2)cnc1Nc1ncc2c(n1)N(C)c1sc(C)nc1C(=O)N2C(C)C. The van der Waals surface area contributed by atoms with Gasteiger partial charge in [0.05, 0.1) is 30.2 Å². The number of carbonyl (C=O) groups is 1. The molecule has 3 aromatic rings. The molecule has 1 amide bonds. The molecule has 11 nitrogen and oxygen atoms in total. The van der Waals surface area contributed by atoms with E-state index in [1.165, 1.54) is 11.3 Å². The Morgan fingerprint density at radius 3 is 2.53 bits per heavy atom. The second-order valence-electron chi connectivity index (χ2n) is 9.28. The van der Waals surface area contributed by atoms with Crippen LogP contribution < -0.4 is 24.8 Å². The summed E-state index contributed by atoms with van der Waals surface area (Å²) in [4.78, 5) is 40.1. The molecule has 5 rings (SSSR count). The van der Waals surface area contributed by atoms with E-state index in [0.717, 1.165) is 41.9 Å². The third kappa shape index (κ3) is 4.30. The fraction of sp³-hybridized carbons (Fsp3) is 0.458. The number of nitrogens with zero attached hydrogens (tertiary/aromatic N) is 8. The molecule has 12 heteroatoms. The van der Waals surface area contributed by atoms with E-state index in [1.807, 2.05) is 45.0 Å². The van der Waals surface area contributed by atoms with Gasteiger partial charge in [-0.05, 0) is 27.8 Å². The summed E-state index contributed by atoms with van der Waals surface area (Å²) in [5.41, 5.74) is 2.09. The minimum atomic E-state index is -0.151. The number of amides is 1. The molecule has 3 aromatic heterocycles. The monoisotopic (exact) mass is 509 g/mol. The van der Waals surface area contributed by atoms with Crippen LogP contribution in [0.1, 0.15) is 29.3 Å². The number of thiazole rings is 1. The normalized spacial score (nSPS) is 16.2. The Morgan fingerprint density at radius 2 is 1.83 bits per heavy atom. The summed E-state index contributed by atoms with van der Waals surface area (Å²) >= 11 is 1.47. The van der Waals surface area contributed by atoms with Gasteiger partial charge in [-0.3, -0.25) is 9.69 Å². The van der Waals surface area contributed by atoms with Gasteiger partial charge >= 0.3 is 0 Å². The first kappa shape index (κ1) is 24.2. The quantitative estimate of drug-likeness (QED) is 0.551. The van der Waals surface area contributed by atoms with Gasteiger partial charge in [0, 0.05) is 45.3 Å². The molecule has 0 bridgehead atoms. The van der Waals surface area contributed by atoms with E-state index >= 15 is 0 Å². The number of methoxy groups -OCH3 is 1. The van der Waals surface area contributed by atoms with Crippen molar-refractivity contribution in [3.8, 4) is 5.75 Å². The molecule has 2 aliphatic rings. The Kier molecular flexibility index (Phi) is 6.39. The molecule has 190 valence electrons. The van der Waals surface area contributed by atoms with Gasteiger partial charge in [-0.2, -0.15) is 4.98 Å². The number of ether oxygens (including phenoxy) is 1. The van der Waals surface area contributed by atoms with Gasteiger partial charge in [0.2, 0.25) is 5.95 Å². The van der Waals surface area contributed by atoms with Crippen molar-refractivity contribution in [2.75, 3.05) is 67.4 Å². The minimum Gasteiger partial charge on any atom is -0.493 e. The molecule has 1 saturated heterocycles. The topological polar surface area (TPSA) is 103 Å². The maximum atomic E-state index is 13.4. The first-order valence-corrected chi connectivity index (χ1v) is 12.7. The molecule has 0 spiro atoms. The van der Waals surface area contributed by atoms with E-state index < -0.39 is 0 Å². The van der Waals surface area contributed by atoms with Crippen molar-refractivity contribution >= 4 is 51.2 Å². The van der Waals surface area contributed by atoms with Gasteiger partial charge in [-0.15, -0.1) is 11.3 Å². The number of anilines is 6. The lowest BCUT2D eigenvalue weighted by Crippen LogP contribution is -2.44. The summed E-state index contributed by atoms with van der Waals surface area (Å²) in [5, 5.41) is 4.80. The predicted molar refractivity (Wildman–Crippen MR) is 143 cm³/mol. The molecule has 0 saturated carbocycles. The van der Waals surface area contributed by atoms with Crippen molar-refractivity contribution in [2.45, 2.75) is 26.8 Å². The van der Waals surface area contributed by atoms with E-state index in [0.29, 0.717) is 34.7 Å². The van der Waals surface area contributed by atoms with E-state index in [9.17, 15) is 4.79 Å². The van der Waals surface area contributed by atoms with Gasteiger partial charge in [0.1, 0.15) is 10.7 Å². The number of aromatic nitrogens is 4. The predicted octanol–water partition coefficient (Wildman–Crippen LogP) is 3.28. The van der Waals surface area contributed by atoms with Crippen molar-refractivity contribution < 1.29 is 9.53 Å². The second-order valence-corrected chi connectivity index (χ2v) is 10.5. The molecule has 5 heterocycles. The summed E-state index contributed by atoms with van der Waals surface area (Å²) < 4.78 is 5.65. The summed E-state index contributed by atoms with van der Waals surface area (Å²) in [5.74, 6) is 1.96. The average Bonchev–Trinajstić information content (AvgIpc) is 3.23. The van der Waals surface area contributed by atoms with Gasteiger partial charge in [-0.25, -0.2) is 15.0 Å². The zero-order valence-corrected chi connectivity index (χ0v) is 22.3. The Morgan fingerprint density at radius 1 is 1.08 bits per heavy atom. The molecule has 2 aliphatic heterocycles. The number of likely N-dealkylation sites (N-methyl/N-ethyl adjacent to an activating group) is 1. The van der Waals surface area contributed by atoms with Gasteiger partial charge in [0.15, 0.2) is 23.1 Å². The highest BCUT2D eigenvalue weighted by atomic mass is 32.1. The van der Waals surface area contributed by atoms with E-state index in [4.69, 9.17) is 9.72 Å². The van der Waals surface area contributed by atoms with Crippen LogP contribution in [-0.2, 0) is 0 Å². The number of fused-ring (bicyclic) bond motifs is 2. The number of pyridine rings is 1. The molecule has 0 unspecified atom stereocenters. The Bertz CT molecular complexity index is 1290. The van der Waals surface area contributed by atoms with Crippen LogP contribution in [-0.4, -0.2) is 84.2 Å². The Balaban J connectivity index is 1.48. The highest BCUT2D eigenvalue weighted by molar-refractivity contribution is 7.16. The standard InChI is InChI=1S/C24H31N9O2S/c1-14(2)33-17-13-26-24(29-21(17)31(5)23-19(22(33)34)27-15(3)36-23)28-20-18(35-6)11-16(12-25-20)32-9-7-30(4)8-10-32/h11-14H,7-10H2,1-6H3,(H,25,26,28,29). The molecular weight excluding hydrogens is 478 g/mol. The largest absolute Gasteiger partial charge is 0.493 e. The number of rotatable bonds is 5. The van der Waals surface area contributed by atoms with Crippen LogP contribution in [0.3, 0.4) is 0 Å². The summed E-state index contributed by atoms with van der Waals surface area (Å²) in [6, 6.07) is 1.89. The van der Waals surface area contributed by atoms with Crippen molar-refractivity contribution in [1.82, 2.24) is 24.8 Å². The lowest BCUT2D eigenvalue weighted by Gasteiger charge is -2.34. The Labute approximate surface area is 214 Å². The van der Waals surface area contributed by atoms with Gasteiger partial charge in [-0.1, -0.05) is 0 Å². The molecule has 1 fully saturated rings. The smallest absolute Gasteiger partial charge is 0.280 e. The van der Waals surface area contributed by atoms with E-state index in [2.05, 4.69) is 37.1 Å². The van der Waals surface area contributed by atoms with Crippen LogP contribution in [0.15, 0.2) is 18.5 Å². The lowest BCUT2D eigenvalue weighted by molar-refractivity contribution is 0.0977. The average molecular weight is 510 g/mol. The second kappa shape index (κ2) is 9.51. The third-order valence-corrected chi connectivity index (χ3v) is 7.49. The number of hydrogen-bond acceptors (Lipinski definition) is 11. The van der Waals surface area contributed by atoms with E-state index in [-0.39, 0.29) is 11.9 Å². The molecular formula is C24H31N9O2S. The van der Waals surface area contributed by atoms with Gasteiger partial charge in [0.25, 0.3) is 5.91 Å². The first-order chi connectivity index (χ1) is 17.3. The van der Waals surface area contributed by atoms with Crippen LogP contribution in [0.2, 0.25) is 0 Å². The zero-order chi connectivity index (χ0) is 25.6. The van der Waals surface area contributed by atoms with Crippen molar-refractivity contribution in [2.24, 2.45) is 0 Å². The molecule has 1 N–H and O–H groups in total. The van der Waals surface area contributed by atoms with Crippen molar-refractivity contribution in [3.05, 3.63) is 29.2 Å². The molecule has 0 aliphatic carbocycles. The molecule has 36 heavy (non-hydrogen) atoms. The molecule has 0 atom stereocenters. The van der Waals surface area contributed by atoms with Crippen LogP contribution in [0, 0.1) is 6.92 Å². The first-order valence-electron chi connectivity index (χ1n) is 11.9. The van der Waals surface area contributed by atoms with Crippen LogP contribution in [0.5, 0.6) is 5.75 Å². The number of nitrogens with one attached hydrogen (secondary N) is 1. The zero-order valence-electron chi connectivity index (χ0n) is 21.4. The Hall–Kier alpha value is -3.51. The molecule has 0 radical (unpaired) electrons. The number of hydrogen-bond donors (Lipinski definition) is 1. The number of carbonyl (C=O) groups excluding carboxylic acids is 1. The number of piperazine rings is 1. The van der Waals surface area contributed by atoms with Gasteiger partial charge < -0.3 is 24.8 Å². The lowest BCUT2D eigenvalue weighted by atomic mass is 10.2. The summed E-state index contributed by atoms with van der Waals surface area (Å²) in [6.45, 7) is 9.74. The van der Waals surface area contributed by atoms with Crippen LogP contribution in [0.4, 0.5) is 34.0 Å².